The Morgan fingerprint density at radius 2 is 1.90 bits per heavy atom. The standard InChI is InChI=1S/C31H46FN3O5S/c1-22(2)28-33-25(20-41-28)29(37)35-15-18-39-31(21-35)11-13-34(14-12-31)19-24-8-6-7-23(27(24)32)9-16-38-17-10-26(36)40-30(3,4)5/h6-8,22,25H,9-21H2,1-5H3. The summed E-state index contributed by atoms with van der Waals surface area (Å²) in [7, 11) is 0. The van der Waals surface area contributed by atoms with Gasteiger partial charge in [-0.25, -0.2) is 4.39 Å². The molecule has 4 rings (SSSR count). The van der Waals surface area contributed by atoms with Crippen molar-refractivity contribution in [3.8, 4) is 0 Å². The van der Waals surface area contributed by atoms with Gasteiger partial charge in [0.1, 0.15) is 17.5 Å². The number of rotatable bonds is 10. The average molecular weight is 592 g/mol. The molecule has 0 N–H and O–H groups in total. The number of aliphatic imine (C=N–C) groups is 1. The lowest BCUT2D eigenvalue weighted by Gasteiger charge is -2.47. The van der Waals surface area contributed by atoms with Crippen LogP contribution in [-0.4, -0.2) is 95.7 Å². The molecule has 0 aromatic heterocycles. The number of morpholine rings is 1. The molecule has 3 aliphatic heterocycles. The Hall–Kier alpha value is -2.01. The first kappa shape index (κ1) is 31.9. The number of ether oxygens (including phenoxy) is 3. The van der Waals surface area contributed by atoms with Crippen molar-refractivity contribution in [3.05, 3.63) is 35.1 Å². The van der Waals surface area contributed by atoms with Gasteiger partial charge >= 0.3 is 5.97 Å². The summed E-state index contributed by atoms with van der Waals surface area (Å²) in [6.07, 6.45) is 2.24. The predicted molar refractivity (Wildman–Crippen MR) is 160 cm³/mol. The third-order valence-corrected chi connectivity index (χ3v) is 9.07. The van der Waals surface area contributed by atoms with E-state index in [9.17, 15) is 9.59 Å². The first-order valence-electron chi connectivity index (χ1n) is 14.9. The second-order valence-corrected chi connectivity index (χ2v) is 13.6. The molecule has 41 heavy (non-hydrogen) atoms. The number of nitrogens with zero attached hydrogens (tertiary/aromatic N) is 3. The number of likely N-dealkylation sites (tertiary alicyclic amines) is 1. The number of hydrogen-bond acceptors (Lipinski definition) is 8. The van der Waals surface area contributed by atoms with Crippen molar-refractivity contribution in [2.75, 3.05) is 51.8 Å². The number of piperidine rings is 1. The van der Waals surface area contributed by atoms with Crippen LogP contribution in [0.3, 0.4) is 0 Å². The summed E-state index contributed by atoms with van der Waals surface area (Å²) < 4.78 is 32.5. The van der Waals surface area contributed by atoms with Gasteiger partial charge in [0.05, 0.1) is 36.9 Å². The molecule has 1 atom stereocenters. The van der Waals surface area contributed by atoms with E-state index in [2.05, 4.69) is 18.7 Å². The van der Waals surface area contributed by atoms with E-state index >= 15 is 4.39 Å². The molecular weight excluding hydrogens is 545 g/mol. The van der Waals surface area contributed by atoms with E-state index in [-0.39, 0.29) is 42.4 Å². The maximum atomic E-state index is 15.3. The summed E-state index contributed by atoms with van der Waals surface area (Å²) in [4.78, 5) is 34.0. The monoisotopic (exact) mass is 591 g/mol. The molecule has 2 saturated heterocycles. The van der Waals surface area contributed by atoms with Gasteiger partial charge in [-0.1, -0.05) is 32.0 Å². The molecule has 3 heterocycles. The number of carbonyl (C=O) groups is 2. The number of esters is 1. The van der Waals surface area contributed by atoms with E-state index in [1.807, 2.05) is 37.8 Å². The van der Waals surface area contributed by atoms with E-state index in [4.69, 9.17) is 19.2 Å². The van der Waals surface area contributed by atoms with Crippen LogP contribution in [0.1, 0.15) is 65.0 Å². The molecule has 0 bridgehead atoms. The van der Waals surface area contributed by atoms with Crippen molar-refractivity contribution in [3.63, 3.8) is 0 Å². The van der Waals surface area contributed by atoms with Crippen molar-refractivity contribution >= 4 is 28.7 Å². The molecule has 10 heteroatoms. The van der Waals surface area contributed by atoms with Crippen LogP contribution in [0.5, 0.6) is 0 Å². The Bertz CT molecular complexity index is 1100. The molecule has 2 fully saturated rings. The summed E-state index contributed by atoms with van der Waals surface area (Å²) in [5, 5.41) is 1.07. The highest BCUT2D eigenvalue weighted by Crippen LogP contribution is 2.32. The number of halogens is 1. The Balaban J connectivity index is 1.23. The lowest BCUT2D eigenvalue weighted by molar-refractivity contribution is -0.160. The highest BCUT2D eigenvalue weighted by Gasteiger charge is 2.42. The van der Waals surface area contributed by atoms with E-state index in [0.29, 0.717) is 56.3 Å². The quantitative estimate of drug-likeness (QED) is 0.293. The maximum Gasteiger partial charge on any atom is 0.308 e. The molecule has 1 unspecified atom stereocenters. The SMILES string of the molecule is CC(C)C1=NC(C(=O)N2CCOC3(CCN(Cc4cccc(CCOCCC(=O)OC(C)(C)C)c4F)CC3)C2)CS1. The lowest BCUT2D eigenvalue weighted by Crippen LogP contribution is -2.59. The third-order valence-electron chi connectivity index (χ3n) is 7.72. The predicted octanol–water partition coefficient (Wildman–Crippen LogP) is 4.48. The highest BCUT2D eigenvalue weighted by molar-refractivity contribution is 8.14. The fourth-order valence-electron chi connectivity index (χ4n) is 5.52. The van der Waals surface area contributed by atoms with Gasteiger partial charge in [-0.3, -0.25) is 19.5 Å². The highest BCUT2D eigenvalue weighted by atomic mass is 32.2. The van der Waals surface area contributed by atoms with Gasteiger partial charge in [-0.05, 0) is 45.6 Å². The Labute approximate surface area is 248 Å². The zero-order valence-electron chi connectivity index (χ0n) is 25.2. The van der Waals surface area contributed by atoms with Crippen LogP contribution in [-0.2, 0) is 36.8 Å². The number of hydrogen-bond donors (Lipinski definition) is 0. The minimum atomic E-state index is -0.514. The van der Waals surface area contributed by atoms with Gasteiger partial charge in [0.2, 0.25) is 5.91 Å². The van der Waals surface area contributed by atoms with Gasteiger partial charge < -0.3 is 19.1 Å². The zero-order valence-corrected chi connectivity index (χ0v) is 26.1. The Kier molecular flexibility index (Phi) is 10.9. The third kappa shape index (κ3) is 8.99. The lowest BCUT2D eigenvalue weighted by atomic mass is 9.89. The smallest absolute Gasteiger partial charge is 0.308 e. The van der Waals surface area contributed by atoms with E-state index in [1.165, 1.54) is 0 Å². The Morgan fingerprint density at radius 3 is 2.59 bits per heavy atom. The van der Waals surface area contributed by atoms with E-state index < -0.39 is 5.60 Å². The van der Waals surface area contributed by atoms with Gasteiger partial charge in [0.15, 0.2) is 0 Å². The van der Waals surface area contributed by atoms with Crippen LogP contribution >= 0.6 is 11.8 Å². The molecule has 1 aromatic carbocycles. The molecule has 1 aromatic rings. The van der Waals surface area contributed by atoms with Crippen LogP contribution in [0.2, 0.25) is 0 Å². The van der Waals surface area contributed by atoms with Crippen molar-refractivity contribution in [2.45, 2.75) is 84.1 Å². The molecular formula is C31H46FN3O5S. The molecule has 3 aliphatic rings. The van der Waals surface area contributed by atoms with Crippen LogP contribution in [0.25, 0.3) is 0 Å². The molecule has 228 valence electrons. The second kappa shape index (κ2) is 14.0. The zero-order chi connectivity index (χ0) is 29.6. The number of benzene rings is 1. The van der Waals surface area contributed by atoms with Gasteiger partial charge in [0, 0.05) is 50.0 Å². The molecule has 1 spiro atoms. The minimum Gasteiger partial charge on any atom is -0.460 e. The molecule has 0 aliphatic carbocycles. The summed E-state index contributed by atoms with van der Waals surface area (Å²) in [5.74, 6) is 0.714. The van der Waals surface area contributed by atoms with Gasteiger partial charge in [-0.15, -0.1) is 11.8 Å². The van der Waals surface area contributed by atoms with Crippen molar-refractivity contribution in [1.29, 1.82) is 0 Å². The first-order valence-corrected chi connectivity index (χ1v) is 15.8. The van der Waals surface area contributed by atoms with Crippen LogP contribution in [0.15, 0.2) is 23.2 Å². The number of thioether (sulfide) groups is 1. The van der Waals surface area contributed by atoms with Crippen molar-refractivity contribution < 1.29 is 28.2 Å². The van der Waals surface area contributed by atoms with Crippen LogP contribution < -0.4 is 0 Å². The fraction of sp³-hybridized carbons (Fsp3) is 0.710. The van der Waals surface area contributed by atoms with Crippen molar-refractivity contribution in [1.82, 2.24) is 9.80 Å². The number of carbonyl (C=O) groups excluding carboxylic acids is 2. The van der Waals surface area contributed by atoms with Crippen LogP contribution in [0, 0.1) is 11.7 Å². The topological polar surface area (TPSA) is 80.7 Å². The average Bonchev–Trinajstić information content (AvgIpc) is 3.41. The van der Waals surface area contributed by atoms with E-state index in [0.717, 1.165) is 36.7 Å². The summed E-state index contributed by atoms with van der Waals surface area (Å²) in [5.41, 5.74) is 0.440. The largest absolute Gasteiger partial charge is 0.460 e. The van der Waals surface area contributed by atoms with Gasteiger partial charge in [-0.2, -0.15) is 0 Å². The normalized spacial score (nSPS) is 21.4. The molecule has 0 saturated carbocycles. The maximum absolute atomic E-state index is 15.3. The fourth-order valence-corrected chi connectivity index (χ4v) is 6.60. The summed E-state index contributed by atoms with van der Waals surface area (Å²) >= 11 is 1.70. The van der Waals surface area contributed by atoms with E-state index in [1.54, 1.807) is 17.8 Å². The molecule has 0 radical (unpaired) electrons. The summed E-state index contributed by atoms with van der Waals surface area (Å²) in [6, 6.07) is 5.25. The van der Waals surface area contributed by atoms with Crippen molar-refractivity contribution in [2.24, 2.45) is 10.9 Å². The van der Waals surface area contributed by atoms with Crippen LogP contribution in [0.4, 0.5) is 4.39 Å². The molecule has 1 amide bonds. The number of amides is 1. The van der Waals surface area contributed by atoms with Gasteiger partial charge in [0.25, 0.3) is 0 Å². The minimum absolute atomic E-state index is 0.117. The second-order valence-electron chi connectivity index (χ2n) is 12.6. The molecule has 8 nitrogen and oxygen atoms in total. The first-order chi connectivity index (χ1) is 19.4. The summed E-state index contributed by atoms with van der Waals surface area (Å²) in [6.45, 7) is 14.2. The Morgan fingerprint density at radius 1 is 1.17 bits per heavy atom.